The minimum absolute atomic E-state index is 0.0443. The molecule has 2 aliphatic rings. The number of nitrogens with one attached hydrogen (secondary N) is 2. The van der Waals surface area contributed by atoms with Crippen LogP contribution in [-0.2, 0) is 9.53 Å². The highest BCUT2D eigenvalue weighted by molar-refractivity contribution is 5.95. The Kier molecular flexibility index (Phi) is 5.86. The van der Waals surface area contributed by atoms with Crippen molar-refractivity contribution in [2.45, 2.75) is 18.8 Å². The Morgan fingerprint density at radius 2 is 1.77 bits per heavy atom. The van der Waals surface area contributed by atoms with Crippen molar-refractivity contribution in [3.8, 4) is 0 Å². The van der Waals surface area contributed by atoms with Gasteiger partial charge >= 0.3 is 0 Å². The summed E-state index contributed by atoms with van der Waals surface area (Å²) in [6.07, 6.45) is 2.02. The minimum Gasteiger partial charge on any atom is -0.378 e. The lowest BCUT2D eigenvalue weighted by Crippen LogP contribution is -2.39. The molecule has 0 atom stereocenters. The molecule has 7 heteroatoms. The fraction of sp³-hybridized carbons (Fsp3) is 0.417. The van der Waals surface area contributed by atoms with E-state index in [0.717, 1.165) is 80.5 Å². The van der Waals surface area contributed by atoms with Gasteiger partial charge in [-0.15, -0.1) is 0 Å². The number of benzene rings is 2. The highest BCUT2D eigenvalue weighted by Gasteiger charge is 2.24. The molecule has 31 heavy (non-hydrogen) atoms. The summed E-state index contributed by atoms with van der Waals surface area (Å²) in [7, 11) is 0. The molecule has 1 amide bonds. The van der Waals surface area contributed by atoms with E-state index in [1.165, 1.54) is 0 Å². The normalized spacial score (nSPS) is 18.4. The van der Waals surface area contributed by atoms with Crippen molar-refractivity contribution < 1.29 is 9.53 Å². The van der Waals surface area contributed by atoms with Gasteiger partial charge in [-0.1, -0.05) is 24.3 Å². The number of nitrogens with zero attached hydrogens (tertiary/aromatic N) is 3. The highest BCUT2D eigenvalue weighted by atomic mass is 16.5. The summed E-state index contributed by atoms with van der Waals surface area (Å²) >= 11 is 0. The lowest BCUT2D eigenvalue weighted by molar-refractivity contribution is -0.117. The van der Waals surface area contributed by atoms with Crippen molar-refractivity contribution in [2.75, 3.05) is 56.2 Å². The lowest BCUT2D eigenvalue weighted by atomic mass is 9.96. The van der Waals surface area contributed by atoms with E-state index in [9.17, 15) is 4.79 Å². The first-order valence-electron chi connectivity index (χ1n) is 11.1. The van der Waals surface area contributed by atoms with Gasteiger partial charge in [-0.05, 0) is 50.2 Å². The smallest absolute Gasteiger partial charge is 0.238 e. The van der Waals surface area contributed by atoms with Gasteiger partial charge in [0.1, 0.15) is 5.82 Å². The second kappa shape index (κ2) is 9.08. The molecule has 2 N–H and O–H groups in total. The topological polar surface area (TPSA) is 73.5 Å². The largest absolute Gasteiger partial charge is 0.378 e. The minimum atomic E-state index is 0.0443. The molecule has 0 unspecified atom stereocenters. The molecule has 0 bridgehead atoms. The fourth-order valence-electron chi connectivity index (χ4n) is 4.58. The van der Waals surface area contributed by atoms with Crippen LogP contribution in [-0.4, -0.2) is 66.7 Å². The molecule has 162 valence electrons. The quantitative estimate of drug-likeness (QED) is 0.664. The average molecular weight is 420 g/mol. The predicted octanol–water partition coefficient (Wildman–Crippen LogP) is 3.22. The van der Waals surface area contributed by atoms with Gasteiger partial charge in [0.15, 0.2) is 0 Å². The molecule has 2 aromatic carbocycles. The van der Waals surface area contributed by atoms with E-state index in [2.05, 4.69) is 32.2 Å². The molecular formula is C24H29N5O2. The zero-order chi connectivity index (χ0) is 21.0. The third kappa shape index (κ3) is 4.57. The van der Waals surface area contributed by atoms with Crippen LogP contribution in [0.25, 0.3) is 11.0 Å². The van der Waals surface area contributed by atoms with E-state index in [1.54, 1.807) is 0 Å². The summed E-state index contributed by atoms with van der Waals surface area (Å²) in [5.41, 5.74) is 4.07. The molecule has 5 rings (SSSR count). The van der Waals surface area contributed by atoms with E-state index in [1.807, 2.05) is 36.4 Å². The number of imidazole rings is 1. The highest BCUT2D eigenvalue weighted by Crippen LogP contribution is 2.29. The third-order valence-electron chi connectivity index (χ3n) is 6.28. The number of carbonyl (C=O) groups excluding carboxylic acids is 1. The van der Waals surface area contributed by atoms with Gasteiger partial charge in [-0.3, -0.25) is 9.69 Å². The van der Waals surface area contributed by atoms with Crippen LogP contribution < -0.4 is 10.2 Å². The Morgan fingerprint density at radius 3 is 2.58 bits per heavy atom. The van der Waals surface area contributed by atoms with Crippen LogP contribution in [0.4, 0.5) is 11.4 Å². The first-order valence-corrected chi connectivity index (χ1v) is 11.1. The van der Waals surface area contributed by atoms with Gasteiger partial charge in [0.2, 0.25) is 5.91 Å². The number of para-hydroxylation sites is 4. The number of aromatic nitrogens is 2. The van der Waals surface area contributed by atoms with E-state index in [0.29, 0.717) is 12.5 Å². The first-order chi connectivity index (χ1) is 15.3. The number of hydrogen-bond donors (Lipinski definition) is 2. The molecular weight excluding hydrogens is 390 g/mol. The van der Waals surface area contributed by atoms with Crippen molar-refractivity contribution in [2.24, 2.45) is 0 Å². The Morgan fingerprint density at radius 1 is 1.03 bits per heavy atom. The number of likely N-dealkylation sites (tertiary alicyclic amines) is 1. The Balaban J connectivity index is 1.16. The molecule has 0 radical (unpaired) electrons. The van der Waals surface area contributed by atoms with Crippen molar-refractivity contribution in [1.82, 2.24) is 14.9 Å². The van der Waals surface area contributed by atoms with Gasteiger partial charge < -0.3 is 19.9 Å². The third-order valence-corrected chi connectivity index (χ3v) is 6.28. The summed E-state index contributed by atoms with van der Waals surface area (Å²) in [6.45, 7) is 5.38. The summed E-state index contributed by atoms with van der Waals surface area (Å²) in [4.78, 5) is 25.5. The van der Waals surface area contributed by atoms with Crippen molar-refractivity contribution in [1.29, 1.82) is 0 Å². The zero-order valence-electron chi connectivity index (χ0n) is 17.7. The van der Waals surface area contributed by atoms with Crippen LogP contribution in [0.15, 0.2) is 48.5 Å². The monoisotopic (exact) mass is 419 g/mol. The van der Waals surface area contributed by atoms with Crippen molar-refractivity contribution in [3.63, 3.8) is 0 Å². The molecule has 3 aromatic rings. The number of ether oxygens (including phenoxy) is 1. The predicted molar refractivity (Wildman–Crippen MR) is 123 cm³/mol. The number of morpholine rings is 1. The summed E-state index contributed by atoms with van der Waals surface area (Å²) in [5, 5.41) is 3.13. The average Bonchev–Trinajstić information content (AvgIpc) is 3.25. The van der Waals surface area contributed by atoms with Crippen LogP contribution in [0.1, 0.15) is 24.6 Å². The molecule has 2 fully saturated rings. The zero-order valence-corrected chi connectivity index (χ0v) is 17.7. The number of piperidine rings is 1. The fourth-order valence-corrected chi connectivity index (χ4v) is 4.58. The number of hydrogen-bond acceptors (Lipinski definition) is 5. The number of rotatable bonds is 5. The van der Waals surface area contributed by atoms with Gasteiger partial charge in [-0.25, -0.2) is 4.98 Å². The van der Waals surface area contributed by atoms with E-state index >= 15 is 0 Å². The second-order valence-corrected chi connectivity index (χ2v) is 8.35. The van der Waals surface area contributed by atoms with Crippen LogP contribution in [0.5, 0.6) is 0 Å². The van der Waals surface area contributed by atoms with E-state index in [-0.39, 0.29) is 5.91 Å². The van der Waals surface area contributed by atoms with Gasteiger partial charge in [0.25, 0.3) is 0 Å². The molecule has 0 aliphatic carbocycles. The van der Waals surface area contributed by atoms with Crippen LogP contribution >= 0.6 is 0 Å². The van der Waals surface area contributed by atoms with Gasteiger partial charge in [0.05, 0.1) is 42.2 Å². The van der Waals surface area contributed by atoms with Crippen LogP contribution in [0, 0.1) is 0 Å². The number of fused-ring (bicyclic) bond motifs is 1. The number of H-pyrrole nitrogens is 1. The second-order valence-electron chi connectivity index (χ2n) is 8.35. The SMILES string of the molecule is O=C(CN1CCC(c2nc3ccccc3[nH]2)CC1)Nc1ccccc1N1CCOCC1. The molecule has 0 spiro atoms. The molecule has 7 nitrogen and oxygen atoms in total. The maximum Gasteiger partial charge on any atom is 0.238 e. The molecule has 2 saturated heterocycles. The Hall–Kier alpha value is -2.90. The van der Waals surface area contributed by atoms with Crippen LogP contribution in [0.3, 0.4) is 0 Å². The number of carbonyl (C=O) groups is 1. The first kappa shape index (κ1) is 20.0. The maximum absolute atomic E-state index is 12.8. The maximum atomic E-state index is 12.8. The molecule has 2 aliphatic heterocycles. The van der Waals surface area contributed by atoms with Gasteiger partial charge in [-0.2, -0.15) is 0 Å². The number of amides is 1. The molecule has 0 saturated carbocycles. The van der Waals surface area contributed by atoms with E-state index in [4.69, 9.17) is 9.72 Å². The lowest BCUT2D eigenvalue weighted by Gasteiger charge is -2.32. The van der Waals surface area contributed by atoms with E-state index < -0.39 is 0 Å². The Labute approximate surface area is 182 Å². The number of anilines is 2. The molecule has 1 aromatic heterocycles. The standard InChI is InChI=1S/C24H29N5O2/c30-23(25-21-7-3-4-8-22(21)29-13-15-31-16-14-29)17-28-11-9-18(10-12-28)24-26-19-5-1-2-6-20(19)27-24/h1-8,18H,9-17H2,(H,25,30)(H,26,27). The summed E-state index contributed by atoms with van der Waals surface area (Å²) < 4.78 is 5.46. The Bertz CT molecular complexity index is 1000. The van der Waals surface area contributed by atoms with Crippen molar-refractivity contribution >= 4 is 28.3 Å². The summed E-state index contributed by atoms with van der Waals surface area (Å²) in [5.74, 6) is 1.54. The van der Waals surface area contributed by atoms with Crippen LogP contribution in [0.2, 0.25) is 0 Å². The van der Waals surface area contributed by atoms with Gasteiger partial charge in [0, 0.05) is 19.0 Å². The van der Waals surface area contributed by atoms with Crippen molar-refractivity contribution in [3.05, 3.63) is 54.4 Å². The summed E-state index contributed by atoms with van der Waals surface area (Å²) in [6, 6.07) is 16.2. The number of aromatic amines is 1. The molecule has 3 heterocycles.